The molecule has 0 aromatic heterocycles. The van der Waals surface area contributed by atoms with Crippen molar-refractivity contribution in [1.82, 2.24) is 0 Å². The topological polar surface area (TPSA) is 30.8 Å². The Balaban J connectivity index is 2.23. The van der Waals surface area contributed by atoms with Gasteiger partial charge in [-0.05, 0) is 27.2 Å². The summed E-state index contributed by atoms with van der Waals surface area (Å²) in [6.07, 6.45) is 3.02. The van der Waals surface area contributed by atoms with E-state index in [2.05, 4.69) is 11.9 Å². The number of fused-ring (bicyclic) bond motifs is 1. The third-order valence-corrected chi connectivity index (χ3v) is 2.73. The minimum Gasteiger partial charge on any atom is -0.342 e. The summed E-state index contributed by atoms with van der Waals surface area (Å²) in [6.45, 7) is 8.09. The van der Waals surface area contributed by atoms with Crippen LogP contribution in [-0.4, -0.2) is 29.7 Å². The normalized spacial score (nSPS) is 46.8. The fourth-order valence-corrected chi connectivity index (χ4v) is 2.24. The molecule has 13 heavy (non-hydrogen) atoms. The first-order valence-electron chi connectivity index (χ1n) is 4.89. The van der Waals surface area contributed by atoms with Gasteiger partial charge in [-0.3, -0.25) is 4.99 Å². The van der Waals surface area contributed by atoms with Gasteiger partial charge in [-0.1, -0.05) is 6.92 Å². The van der Waals surface area contributed by atoms with E-state index in [1.165, 1.54) is 0 Å². The molecule has 2 rings (SSSR count). The van der Waals surface area contributed by atoms with Gasteiger partial charge in [-0.15, -0.1) is 0 Å². The van der Waals surface area contributed by atoms with E-state index in [0.29, 0.717) is 0 Å². The first-order chi connectivity index (χ1) is 5.97. The Morgan fingerprint density at radius 2 is 2.08 bits per heavy atom. The highest BCUT2D eigenvalue weighted by Gasteiger charge is 2.54. The molecule has 2 aliphatic heterocycles. The number of rotatable bonds is 1. The van der Waals surface area contributed by atoms with E-state index in [4.69, 9.17) is 9.47 Å². The number of hydrogen-bond acceptors (Lipinski definition) is 3. The predicted octanol–water partition coefficient (Wildman–Crippen LogP) is 1.76. The second kappa shape index (κ2) is 2.55. The Bertz CT molecular complexity index is 249. The summed E-state index contributed by atoms with van der Waals surface area (Å²) >= 11 is 0. The molecule has 0 aromatic carbocycles. The zero-order valence-electron chi connectivity index (χ0n) is 8.70. The molecule has 0 saturated carbocycles. The number of ether oxygens (including phenoxy) is 2. The Labute approximate surface area is 79.1 Å². The van der Waals surface area contributed by atoms with E-state index >= 15 is 0 Å². The molecule has 0 unspecified atom stereocenters. The predicted molar refractivity (Wildman–Crippen MR) is 51.0 cm³/mol. The van der Waals surface area contributed by atoms with Crippen LogP contribution in [0.5, 0.6) is 0 Å². The summed E-state index contributed by atoms with van der Waals surface area (Å²) in [7, 11) is 0. The molecule has 2 aliphatic rings. The van der Waals surface area contributed by atoms with E-state index in [0.717, 1.165) is 6.42 Å². The summed E-state index contributed by atoms with van der Waals surface area (Å²) < 4.78 is 11.7. The Morgan fingerprint density at radius 3 is 2.69 bits per heavy atom. The van der Waals surface area contributed by atoms with E-state index in [1.54, 1.807) is 0 Å². The molecule has 0 amide bonds. The second-order valence-electron chi connectivity index (χ2n) is 4.48. The minimum atomic E-state index is -0.459. The van der Waals surface area contributed by atoms with Gasteiger partial charge in [0.15, 0.2) is 5.79 Å². The molecule has 3 atom stereocenters. The van der Waals surface area contributed by atoms with E-state index in [9.17, 15) is 0 Å². The van der Waals surface area contributed by atoms with Crippen molar-refractivity contribution in [2.45, 2.75) is 57.6 Å². The van der Waals surface area contributed by atoms with Gasteiger partial charge < -0.3 is 9.47 Å². The molecule has 1 saturated heterocycles. The molecule has 2 heterocycles. The Hall–Kier alpha value is -0.410. The molecular formula is C10H17NO2. The summed E-state index contributed by atoms with van der Waals surface area (Å²) in [5.74, 6) is -0.459. The average molecular weight is 183 g/mol. The third kappa shape index (κ3) is 1.30. The maximum atomic E-state index is 5.83. The molecule has 1 fully saturated rings. The van der Waals surface area contributed by atoms with Crippen LogP contribution in [0, 0.1) is 0 Å². The largest absolute Gasteiger partial charge is 0.342 e. The van der Waals surface area contributed by atoms with Crippen molar-refractivity contribution in [2.24, 2.45) is 4.99 Å². The zero-order valence-corrected chi connectivity index (χ0v) is 8.70. The van der Waals surface area contributed by atoms with Crippen molar-refractivity contribution in [3.8, 4) is 0 Å². The third-order valence-electron chi connectivity index (χ3n) is 2.73. The quantitative estimate of drug-likeness (QED) is 0.620. The van der Waals surface area contributed by atoms with Gasteiger partial charge in [0.05, 0.1) is 6.04 Å². The lowest BCUT2D eigenvalue weighted by molar-refractivity contribution is -0.153. The lowest BCUT2D eigenvalue weighted by Gasteiger charge is -2.20. The second-order valence-corrected chi connectivity index (χ2v) is 4.48. The first-order valence-corrected chi connectivity index (χ1v) is 4.89. The molecule has 0 aliphatic carbocycles. The molecule has 3 nitrogen and oxygen atoms in total. The summed E-state index contributed by atoms with van der Waals surface area (Å²) in [5, 5.41) is 0. The van der Waals surface area contributed by atoms with Gasteiger partial charge >= 0.3 is 0 Å². The van der Waals surface area contributed by atoms with Crippen molar-refractivity contribution in [2.75, 3.05) is 0 Å². The molecule has 0 spiro atoms. The van der Waals surface area contributed by atoms with Gasteiger partial charge in [0, 0.05) is 6.21 Å². The lowest BCUT2D eigenvalue weighted by atomic mass is 9.97. The fraction of sp³-hybridized carbons (Fsp3) is 0.900. The number of aliphatic imine (C=N–C) groups is 1. The average Bonchev–Trinajstić information content (AvgIpc) is 2.38. The monoisotopic (exact) mass is 183 g/mol. The van der Waals surface area contributed by atoms with Crippen LogP contribution in [0.15, 0.2) is 4.99 Å². The van der Waals surface area contributed by atoms with Crippen molar-refractivity contribution in [1.29, 1.82) is 0 Å². The van der Waals surface area contributed by atoms with Crippen LogP contribution >= 0.6 is 0 Å². The van der Waals surface area contributed by atoms with Crippen LogP contribution in [0.1, 0.15) is 34.1 Å². The SMILES string of the molecule is CC[C@H]1N=C[C@]2(C)OC(C)(C)O[C@H]12. The lowest BCUT2D eigenvalue weighted by Crippen LogP contribution is -2.39. The maximum Gasteiger partial charge on any atom is 0.164 e. The van der Waals surface area contributed by atoms with E-state index < -0.39 is 5.79 Å². The van der Waals surface area contributed by atoms with Gasteiger partial charge in [0.1, 0.15) is 11.7 Å². The molecule has 0 N–H and O–H groups in total. The van der Waals surface area contributed by atoms with Crippen LogP contribution in [0.4, 0.5) is 0 Å². The van der Waals surface area contributed by atoms with Gasteiger partial charge in [-0.2, -0.15) is 0 Å². The van der Waals surface area contributed by atoms with Crippen molar-refractivity contribution < 1.29 is 9.47 Å². The van der Waals surface area contributed by atoms with Crippen LogP contribution in [0.25, 0.3) is 0 Å². The Kier molecular flexibility index (Phi) is 1.79. The van der Waals surface area contributed by atoms with Gasteiger partial charge in [-0.25, -0.2) is 0 Å². The number of nitrogens with zero attached hydrogens (tertiary/aromatic N) is 1. The zero-order chi connectivity index (χ0) is 9.69. The summed E-state index contributed by atoms with van der Waals surface area (Å²) in [5.41, 5.74) is -0.301. The molecule has 0 bridgehead atoms. The molecular weight excluding hydrogens is 166 g/mol. The maximum absolute atomic E-state index is 5.83. The van der Waals surface area contributed by atoms with E-state index in [-0.39, 0.29) is 17.7 Å². The van der Waals surface area contributed by atoms with Crippen molar-refractivity contribution in [3.05, 3.63) is 0 Å². The first kappa shape index (κ1) is 9.16. The highest BCUT2D eigenvalue weighted by Crippen LogP contribution is 2.41. The number of hydrogen-bond donors (Lipinski definition) is 0. The smallest absolute Gasteiger partial charge is 0.164 e. The minimum absolute atomic E-state index is 0.104. The Morgan fingerprint density at radius 1 is 1.38 bits per heavy atom. The van der Waals surface area contributed by atoms with Crippen LogP contribution in [0.3, 0.4) is 0 Å². The van der Waals surface area contributed by atoms with Gasteiger partial charge in [0.25, 0.3) is 0 Å². The highest BCUT2D eigenvalue weighted by atomic mass is 16.8. The standard InChI is InChI=1S/C10H17NO2/c1-5-7-8-10(4,6-11-7)13-9(2,3)12-8/h6-8H,5H2,1-4H3/t7-,8-,10+/m1/s1. The van der Waals surface area contributed by atoms with Crippen molar-refractivity contribution >= 4 is 6.21 Å². The highest BCUT2D eigenvalue weighted by molar-refractivity contribution is 5.73. The summed E-state index contributed by atoms with van der Waals surface area (Å²) in [6, 6.07) is 0.270. The van der Waals surface area contributed by atoms with Crippen LogP contribution in [0.2, 0.25) is 0 Å². The van der Waals surface area contributed by atoms with Crippen molar-refractivity contribution in [3.63, 3.8) is 0 Å². The van der Waals surface area contributed by atoms with Crippen LogP contribution in [-0.2, 0) is 9.47 Å². The van der Waals surface area contributed by atoms with Crippen LogP contribution < -0.4 is 0 Å². The molecule has 0 aromatic rings. The molecule has 74 valence electrons. The van der Waals surface area contributed by atoms with Gasteiger partial charge in [0.2, 0.25) is 0 Å². The molecule has 3 heteroatoms. The van der Waals surface area contributed by atoms with E-state index in [1.807, 2.05) is 27.0 Å². The summed E-state index contributed by atoms with van der Waals surface area (Å²) in [4.78, 5) is 4.40. The molecule has 0 radical (unpaired) electrons. The fourth-order valence-electron chi connectivity index (χ4n) is 2.24.